The summed E-state index contributed by atoms with van der Waals surface area (Å²) in [6, 6.07) is 11.5. The molecule has 1 saturated heterocycles. The van der Waals surface area contributed by atoms with Gasteiger partial charge >= 0.3 is 0 Å². The van der Waals surface area contributed by atoms with E-state index in [2.05, 4.69) is 24.7 Å². The highest BCUT2D eigenvalue weighted by atomic mass is 32.2. The number of nitrogens with zero attached hydrogens (tertiary/aromatic N) is 7. The number of morpholine rings is 1. The summed E-state index contributed by atoms with van der Waals surface area (Å²) in [5.41, 5.74) is 1.53. The van der Waals surface area contributed by atoms with Gasteiger partial charge in [-0.05, 0) is 50.5 Å². The van der Waals surface area contributed by atoms with Crippen molar-refractivity contribution < 1.29 is 39.6 Å². The first-order valence-electron chi connectivity index (χ1n) is 13.8. The van der Waals surface area contributed by atoms with Gasteiger partial charge in [0.05, 0.1) is 37.8 Å². The summed E-state index contributed by atoms with van der Waals surface area (Å²) in [5.74, 6) is 0.246. The van der Waals surface area contributed by atoms with Gasteiger partial charge in [-0.2, -0.15) is 23.4 Å². The highest BCUT2D eigenvalue weighted by molar-refractivity contribution is 7.92. The Bertz CT molecular complexity index is 1860. The number of aromatic nitrogens is 5. The average Bonchev–Trinajstić information content (AvgIpc) is 3.40. The third-order valence-corrected chi connectivity index (χ3v) is 7.69. The van der Waals surface area contributed by atoms with Crippen molar-refractivity contribution in [2.75, 3.05) is 75.7 Å². The quantitative estimate of drug-likeness (QED) is 0.233. The molecule has 4 aromatic rings. The predicted octanol–water partition coefficient (Wildman–Crippen LogP) is 2.47. The molecule has 0 aliphatic carbocycles. The van der Waals surface area contributed by atoms with Crippen molar-refractivity contribution in [3.8, 4) is 23.1 Å². The summed E-state index contributed by atoms with van der Waals surface area (Å²) in [6.07, 6.45) is -2.20. The summed E-state index contributed by atoms with van der Waals surface area (Å²) in [5, 5.41) is 0. The van der Waals surface area contributed by atoms with Crippen molar-refractivity contribution in [3.05, 3.63) is 48.3 Å². The van der Waals surface area contributed by atoms with Crippen LogP contribution >= 0.6 is 0 Å². The highest BCUT2D eigenvalue weighted by Crippen LogP contribution is 2.32. The van der Waals surface area contributed by atoms with Crippen LogP contribution in [0.2, 0.25) is 0 Å². The van der Waals surface area contributed by atoms with E-state index in [9.17, 15) is 25.6 Å². The molecule has 2 N–H and O–H groups in total. The zero-order chi connectivity index (χ0) is 33.6. The SMILES string of the molecule is COc1cccc2c1nc(C(F)F)n2-c1nc(-c2ccc(NS(=O)(=O)CCN(C)C)cc2)nc(N2CCOCC2)n1.CS(=O)(=O)O. The predicted molar refractivity (Wildman–Crippen MR) is 168 cm³/mol. The Morgan fingerprint density at radius 3 is 2.22 bits per heavy atom. The van der Waals surface area contributed by atoms with Gasteiger partial charge in [-0.25, -0.2) is 22.2 Å². The molecular formula is C27H34F2N8O7S2. The molecule has 0 radical (unpaired) electrons. The lowest BCUT2D eigenvalue weighted by Crippen LogP contribution is -2.37. The number of methoxy groups -OCH3 is 1. The Morgan fingerprint density at radius 1 is 1.00 bits per heavy atom. The minimum Gasteiger partial charge on any atom is -0.494 e. The zero-order valence-electron chi connectivity index (χ0n) is 25.5. The average molecular weight is 685 g/mol. The molecule has 1 aliphatic heterocycles. The summed E-state index contributed by atoms with van der Waals surface area (Å²) in [6.45, 7) is 2.33. The molecule has 0 spiro atoms. The Hall–Kier alpha value is -4.04. The lowest BCUT2D eigenvalue weighted by Gasteiger charge is -2.27. The number of ether oxygens (including phenoxy) is 2. The fourth-order valence-corrected chi connectivity index (χ4v) is 5.52. The standard InChI is InChI=1S/C26H30F2N8O4S.CH4O3S/c1-34(2)13-16-41(37,38)33-18-9-7-17(8-10-18)23-30-25(35-11-14-40-15-12-35)32-26(31-23)36-19-5-4-6-20(39-3)21(19)29-24(36)22(27)28;1-5(2,3)4/h4-10,22,33H,11-16H2,1-3H3;1H3,(H,2,3,4). The van der Waals surface area contributed by atoms with Crippen LogP contribution in [0.3, 0.4) is 0 Å². The number of anilines is 2. The Kier molecular flexibility index (Phi) is 11.0. The lowest BCUT2D eigenvalue weighted by molar-refractivity contribution is 0.122. The molecule has 0 atom stereocenters. The number of imidazole rings is 1. The maximum atomic E-state index is 14.3. The maximum absolute atomic E-state index is 14.3. The molecule has 2 aromatic heterocycles. The smallest absolute Gasteiger partial charge is 0.296 e. The van der Waals surface area contributed by atoms with Crippen LogP contribution in [0, 0.1) is 0 Å². The molecule has 0 saturated carbocycles. The summed E-state index contributed by atoms with van der Waals surface area (Å²) in [7, 11) is -2.18. The number of benzene rings is 2. The van der Waals surface area contributed by atoms with E-state index in [1.807, 2.05) is 4.90 Å². The monoisotopic (exact) mass is 684 g/mol. The van der Waals surface area contributed by atoms with Gasteiger partial charge in [0.25, 0.3) is 16.5 Å². The molecule has 2 aromatic carbocycles. The fourth-order valence-electron chi connectivity index (χ4n) is 4.32. The van der Waals surface area contributed by atoms with Crippen molar-refractivity contribution in [3.63, 3.8) is 0 Å². The molecule has 250 valence electrons. The Balaban J connectivity index is 0.000000892. The van der Waals surface area contributed by atoms with Crippen LogP contribution in [0.5, 0.6) is 5.75 Å². The van der Waals surface area contributed by atoms with Crippen LogP contribution in [0.1, 0.15) is 12.2 Å². The van der Waals surface area contributed by atoms with E-state index < -0.39 is 32.4 Å². The van der Waals surface area contributed by atoms with Gasteiger partial charge in [-0.3, -0.25) is 13.8 Å². The highest BCUT2D eigenvalue weighted by Gasteiger charge is 2.26. The first-order valence-corrected chi connectivity index (χ1v) is 17.3. The number of halogens is 2. The summed E-state index contributed by atoms with van der Waals surface area (Å²) >= 11 is 0. The Labute approximate surface area is 265 Å². The van der Waals surface area contributed by atoms with Gasteiger partial charge in [-0.1, -0.05) is 6.07 Å². The normalized spacial score (nSPS) is 14.0. The third-order valence-electron chi connectivity index (χ3n) is 6.42. The number of nitrogens with one attached hydrogen (secondary N) is 1. The molecular weight excluding hydrogens is 650 g/mol. The van der Waals surface area contributed by atoms with Gasteiger partial charge in [0.15, 0.2) is 11.6 Å². The van der Waals surface area contributed by atoms with Crippen LogP contribution in [-0.2, 0) is 24.9 Å². The first kappa shape index (κ1) is 34.8. The lowest BCUT2D eigenvalue weighted by atomic mass is 10.2. The van der Waals surface area contributed by atoms with E-state index in [1.54, 1.807) is 61.5 Å². The topological polar surface area (TPSA) is 182 Å². The van der Waals surface area contributed by atoms with E-state index in [-0.39, 0.29) is 23.0 Å². The number of alkyl halides is 2. The number of rotatable bonds is 10. The number of para-hydroxylation sites is 1. The van der Waals surface area contributed by atoms with Crippen LogP contribution in [0.25, 0.3) is 28.4 Å². The molecule has 5 rings (SSSR count). The largest absolute Gasteiger partial charge is 0.494 e. The van der Waals surface area contributed by atoms with Crippen LogP contribution in [0.15, 0.2) is 42.5 Å². The van der Waals surface area contributed by atoms with Gasteiger partial charge in [-0.15, -0.1) is 0 Å². The molecule has 0 bridgehead atoms. The second-order valence-corrected chi connectivity index (χ2v) is 13.6. The third kappa shape index (κ3) is 9.25. The molecule has 0 unspecified atom stereocenters. The van der Waals surface area contributed by atoms with Gasteiger partial charge < -0.3 is 19.3 Å². The molecule has 46 heavy (non-hydrogen) atoms. The minimum absolute atomic E-state index is 0.0315. The van der Waals surface area contributed by atoms with Gasteiger partial charge in [0.2, 0.25) is 21.9 Å². The second-order valence-electron chi connectivity index (χ2n) is 10.3. The van der Waals surface area contributed by atoms with E-state index in [4.69, 9.17) is 14.0 Å². The molecule has 1 aliphatic rings. The Morgan fingerprint density at radius 2 is 1.63 bits per heavy atom. The van der Waals surface area contributed by atoms with E-state index in [1.165, 1.54) is 11.7 Å². The van der Waals surface area contributed by atoms with Crippen molar-refractivity contribution in [1.82, 2.24) is 29.4 Å². The van der Waals surface area contributed by atoms with E-state index >= 15 is 0 Å². The fraction of sp³-hybridized carbons (Fsp3) is 0.407. The number of fused-ring (bicyclic) bond motifs is 1. The molecule has 15 nitrogen and oxygen atoms in total. The van der Waals surface area contributed by atoms with Crippen LogP contribution in [-0.4, -0.2) is 117 Å². The second kappa shape index (κ2) is 14.6. The van der Waals surface area contributed by atoms with Crippen molar-refractivity contribution in [2.45, 2.75) is 6.43 Å². The van der Waals surface area contributed by atoms with Crippen LogP contribution in [0.4, 0.5) is 20.4 Å². The number of sulfonamides is 1. The van der Waals surface area contributed by atoms with E-state index in [0.29, 0.717) is 67.6 Å². The molecule has 3 heterocycles. The number of hydrogen-bond acceptors (Lipinski definition) is 12. The van der Waals surface area contributed by atoms with E-state index in [0.717, 1.165) is 0 Å². The summed E-state index contributed by atoms with van der Waals surface area (Å²) < 4.78 is 93.8. The summed E-state index contributed by atoms with van der Waals surface area (Å²) in [4.78, 5) is 21.6. The molecule has 0 amide bonds. The molecule has 19 heteroatoms. The zero-order valence-corrected chi connectivity index (χ0v) is 27.1. The minimum atomic E-state index is -3.67. The van der Waals surface area contributed by atoms with Crippen molar-refractivity contribution in [1.29, 1.82) is 0 Å². The first-order chi connectivity index (χ1) is 21.6. The van der Waals surface area contributed by atoms with Crippen LogP contribution < -0.4 is 14.4 Å². The van der Waals surface area contributed by atoms with Gasteiger partial charge in [0.1, 0.15) is 11.3 Å². The van der Waals surface area contributed by atoms with Crippen molar-refractivity contribution >= 4 is 42.8 Å². The molecule has 1 fully saturated rings. The van der Waals surface area contributed by atoms with Gasteiger partial charge in [0, 0.05) is 30.9 Å². The van der Waals surface area contributed by atoms with Crippen molar-refractivity contribution in [2.24, 2.45) is 0 Å². The number of hydrogen-bond donors (Lipinski definition) is 2. The maximum Gasteiger partial charge on any atom is 0.296 e.